The summed E-state index contributed by atoms with van der Waals surface area (Å²) in [5.41, 5.74) is 3.69. The predicted octanol–water partition coefficient (Wildman–Crippen LogP) is 5.78. The number of nitro benzene ring substituents is 1. The van der Waals surface area contributed by atoms with Gasteiger partial charge < -0.3 is 9.47 Å². The van der Waals surface area contributed by atoms with Crippen LogP contribution in [0.2, 0.25) is 5.02 Å². The Bertz CT molecular complexity index is 1540. The number of hydrogen-bond donors (Lipinski definition) is 0. The Hall–Kier alpha value is -4.43. The first-order valence-electron chi connectivity index (χ1n) is 12.3. The molecule has 1 aliphatic carbocycles. The van der Waals surface area contributed by atoms with E-state index >= 15 is 0 Å². The first-order valence-corrected chi connectivity index (χ1v) is 12.7. The van der Waals surface area contributed by atoms with Gasteiger partial charge in [-0.15, -0.1) is 0 Å². The fraction of sp³-hybridized carbons (Fsp3) is 0.172. The molecule has 0 saturated heterocycles. The minimum atomic E-state index is -0.503. The summed E-state index contributed by atoms with van der Waals surface area (Å²) in [5.74, 6) is -0.528. The van der Waals surface area contributed by atoms with E-state index in [1.165, 1.54) is 24.3 Å². The van der Waals surface area contributed by atoms with Crippen molar-refractivity contribution >= 4 is 34.8 Å². The largest absolute Gasteiger partial charge is 0.326 e. The number of nitrogens with zero attached hydrogens (tertiary/aromatic N) is 4. The Kier molecular flexibility index (Phi) is 5.96. The number of carbonyl (C=O) groups is 2. The van der Waals surface area contributed by atoms with Crippen molar-refractivity contribution < 1.29 is 14.5 Å². The summed E-state index contributed by atoms with van der Waals surface area (Å²) in [5, 5.41) is 11.6. The first kappa shape index (κ1) is 23.9. The molecule has 1 aromatic heterocycles. The van der Waals surface area contributed by atoms with Crippen molar-refractivity contribution in [2.24, 2.45) is 0 Å². The normalized spacial score (nSPS) is 15.9. The molecule has 2 heterocycles. The summed E-state index contributed by atoms with van der Waals surface area (Å²) < 4.78 is 2.08. The monoisotopic (exact) mass is 526 g/mol. The highest BCUT2D eigenvalue weighted by Crippen LogP contribution is 2.43. The van der Waals surface area contributed by atoms with Crippen molar-refractivity contribution in [3.63, 3.8) is 0 Å². The lowest BCUT2D eigenvalue weighted by atomic mass is 9.97. The van der Waals surface area contributed by atoms with Crippen LogP contribution in [0.25, 0.3) is 5.69 Å². The quantitative estimate of drug-likeness (QED) is 0.235. The lowest BCUT2D eigenvalue weighted by Gasteiger charge is -2.39. The second kappa shape index (κ2) is 9.46. The first-order chi connectivity index (χ1) is 18.4. The average Bonchev–Trinajstić information content (AvgIpc) is 3.66. The number of fused-ring (bicyclic) bond motifs is 3. The van der Waals surface area contributed by atoms with E-state index in [4.69, 9.17) is 11.6 Å². The molecule has 2 aliphatic rings. The van der Waals surface area contributed by atoms with Crippen LogP contribution in [-0.2, 0) is 4.79 Å². The molecule has 4 aromatic rings. The van der Waals surface area contributed by atoms with Crippen molar-refractivity contribution in [3.05, 3.63) is 123 Å². The maximum Gasteiger partial charge on any atom is 0.269 e. The topological polar surface area (TPSA) is 88.7 Å². The summed E-state index contributed by atoms with van der Waals surface area (Å²) in [6.07, 6.45) is 3.60. The number of para-hydroxylation sites is 2. The van der Waals surface area contributed by atoms with Gasteiger partial charge in [-0.3, -0.25) is 24.6 Å². The molecule has 1 saturated carbocycles. The Morgan fingerprint density at radius 3 is 2.26 bits per heavy atom. The smallest absolute Gasteiger partial charge is 0.269 e. The zero-order valence-corrected chi connectivity index (χ0v) is 21.0. The number of hydrogen-bond acceptors (Lipinski definition) is 4. The van der Waals surface area contributed by atoms with Crippen LogP contribution in [0.3, 0.4) is 0 Å². The number of aromatic nitrogens is 1. The number of benzene rings is 3. The standard InChI is InChI=1S/C29H23ClN4O4/c30-21-11-7-19(8-12-21)28-26-6-3-17-31(26)24-4-1-2-5-25(24)33(28)27(35)18-32(22-15-16-22)29(36)20-9-13-23(14-10-20)34(37)38/h1-14,17,22,28H,15-16,18H2. The molecule has 2 amide bonds. The van der Waals surface area contributed by atoms with Gasteiger partial charge in [0.15, 0.2) is 0 Å². The molecule has 1 fully saturated rings. The van der Waals surface area contributed by atoms with Crippen LogP contribution in [0.15, 0.2) is 91.1 Å². The zero-order chi connectivity index (χ0) is 26.4. The molecule has 6 rings (SSSR count). The number of halogens is 1. The van der Waals surface area contributed by atoms with Crippen molar-refractivity contribution in [1.29, 1.82) is 0 Å². The summed E-state index contributed by atoms with van der Waals surface area (Å²) in [6, 6.07) is 24.2. The van der Waals surface area contributed by atoms with Gasteiger partial charge in [0.25, 0.3) is 11.6 Å². The van der Waals surface area contributed by atoms with E-state index in [1.54, 1.807) is 9.80 Å². The molecule has 38 heavy (non-hydrogen) atoms. The molecule has 0 bridgehead atoms. The molecule has 0 N–H and O–H groups in total. The van der Waals surface area contributed by atoms with Gasteiger partial charge in [0.2, 0.25) is 5.91 Å². The third-order valence-electron chi connectivity index (χ3n) is 7.05. The molecular weight excluding hydrogens is 504 g/mol. The zero-order valence-electron chi connectivity index (χ0n) is 20.2. The minimum absolute atomic E-state index is 0.0421. The number of amides is 2. The molecule has 3 aromatic carbocycles. The molecule has 9 heteroatoms. The van der Waals surface area contributed by atoms with Gasteiger partial charge in [-0.25, -0.2) is 0 Å². The fourth-order valence-electron chi connectivity index (χ4n) is 5.09. The molecule has 190 valence electrons. The van der Waals surface area contributed by atoms with Gasteiger partial charge >= 0.3 is 0 Å². The van der Waals surface area contributed by atoms with Crippen LogP contribution >= 0.6 is 11.6 Å². The van der Waals surface area contributed by atoms with Crippen molar-refractivity contribution in [1.82, 2.24) is 9.47 Å². The molecule has 1 unspecified atom stereocenters. The Labute approximate surface area is 223 Å². The van der Waals surface area contributed by atoms with E-state index in [2.05, 4.69) is 4.57 Å². The molecule has 8 nitrogen and oxygen atoms in total. The molecule has 0 radical (unpaired) electrons. The van der Waals surface area contributed by atoms with Gasteiger partial charge in [0, 0.05) is 35.0 Å². The van der Waals surface area contributed by atoms with E-state index in [0.717, 1.165) is 35.5 Å². The molecule has 0 spiro atoms. The number of non-ortho nitro benzene ring substituents is 1. The molecule has 1 aliphatic heterocycles. The minimum Gasteiger partial charge on any atom is -0.326 e. The summed E-state index contributed by atoms with van der Waals surface area (Å²) in [7, 11) is 0. The SMILES string of the molecule is O=C(c1ccc([N+](=O)[O-])cc1)N(CC(=O)N1c2ccccc2-n2cccc2C1c1ccc(Cl)cc1)C1CC1. The van der Waals surface area contributed by atoms with E-state index < -0.39 is 11.0 Å². The predicted molar refractivity (Wildman–Crippen MR) is 144 cm³/mol. The van der Waals surface area contributed by atoms with Crippen LogP contribution in [0.5, 0.6) is 0 Å². The van der Waals surface area contributed by atoms with E-state index in [9.17, 15) is 19.7 Å². The van der Waals surface area contributed by atoms with Gasteiger partial charge in [-0.05, 0) is 66.9 Å². The number of carbonyl (C=O) groups excluding carboxylic acids is 2. The average molecular weight is 527 g/mol. The second-order valence-corrected chi connectivity index (χ2v) is 9.91. The summed E-state index contributed by atoms with van der Waals surface area (Å²) in [6.45, 7) is -0.111. The lowest BCUT2D eigenvalue weighted by molar-refractivity contribution is -0.384. The van der Waals surface area contributed by atoms with Crippen molar-refractivity contribution in [2.75, 3.05) is 11.4 Å². The summed E-state index contributed by atoms with van der Waals surface area (Å²) >= 11 is 6.17. The number of rotatable bonds is 6. The highest BCUT2D eigenvalue weighted by molar-refractivity contribution is 6.30. The molecular formula is C29H23ClN4O4. The second-order valence-electron chi connectivity index (χ2n) is 9.48. The lowest BCUT2D eigenvalue weighted by Crippen LogP contribution is -2.47. The number of anilines is 1. The third-order valence-corrected chi connectivity index (χ3v) is 7.31. The van der Waals surface area contributed by atoms with E-state index in [-0.39, 0.29) is 30.1 Å². The van der Waals surface area contributed by atoms with Gasteiger partial charge in [0.05, 0.1) is 22.0 Å². The Balaban J connectivity index is 1.37. The van der Waals surface area contributed by atoms with E-state index in [1.807, 2.05) is 66.9 Å². The van der Waals surface area contributed by atoms with Crippen LogP contribution in [0.1, 0.15) is 40.5 Å². The highest BCUT2D eigenvalue weighted by Gasteiger charge is 2.40. The fourth-order valence-corrected chi connectivity index (χ4v) is 5.21. The van der Waals surface area contributed by atoms with Crippen LogP contribution in [0.4, 0.5) is 11.4 Å². The third kappa shape index (κ3) is 4.22. The van der Waals surface area contributed by atoms with Crippen LogP contribution in [-0.4, -0.2) is 38.8 Å². The molecule has 1 atom stereocenters. The summed E-state index contributed by atoms with van der Waals surface area (Å²) in [4.78, 5) is 41.6. The number of nitro groups is 1. The Morgan fingerprint density at radius 2 is 1.61 bits per heavy atom. The van der Waals surface area contributed by atoms with E-state index in [0.29, 0.717) is 10.6 Å². The van der Waals surface area contributed by atoms with Crippen molar-refractivity contribution in [3.8, 4) is 5.69 Å². The van der Waals surface area contributed by atoms with Crippen LogP contribution in [0, 0.1) is 10.1 Å². The highest BCUT2D eigenvalue weighted by atomic mass is 35.5. The van der Waals surface area contributed by atoms with Gasteiger partial charge in [-0.1, -0.05) is 35.9 Å². The Morgan fingerprint density at radius 1 is 0.921 bits per heavy atom. The van der Waals surface area contributed by atoms with Crippen LogP contribution < -0.4 is 4.90 Å². The van der Waals surface area contributed by atoms with Crippen molar-refractivity contribution in [2.45, 2.75) is 24.9 Å². The van der Waals surface area contributed by atoms with Gasteiger partial charge in [-0.2, -0.15) is 0 Å². The van der Waals surface area contributed by atoms with Gasteiger partial charge in [0.1, 0.15) is 12.6 Å². The maximum absolute atomic E-state index is 14.2. The maximum atomic E-state index is 14.2.